The van der Waals surface area contributed by atoms with Crippen LogP contribution >= 0.6 is 0 Å². The Balaban J connectivity index is 1.81. The maximum Gasteiger partial charge on any atom is 0.180 e. The van der Waals surface area contributed by atoms with Gasteiger partial charge in [-0.15, -0.1) is 0 Å². The van der Waals surface area contributed by atoms with E-state index in [1.807, 2.05) is 13.1 Å². The summed E-state index contributed by atoms with van der Waals surface area (Å²) in [4.78, 5) is 3.83. The Morgan fingerprint density at radius 3 is 3.00 bits per heavy atom. The molecule has 2 rings (SSSR count). The van der Waals surface area contributed by atoms with Crippen LogP contribution < -0.4 is 5.32 Å². The molecule has 0 radical (unpaired) electrons. The van der Waals surface area contributed by atoms with Crippen molar-refractivity contribution in [3.63, 3.8) is 0 Å². The van der Waals surface area contributed by atoms with Gasteiger partial charge in [-0.1, -0.05) is 0 Å². The quantitative estimate of drug-likeness (QED) is 0.758. The summed E-state index contributed by atoms with van der Waals surface area (Å²) < 4.78 is 5.09. The molecule has 0 spiro atoms. The van der Waals surface area contributed by atoms with Crippen molar-refractivity contribution in [3.8, 4) is 0 Å². The lowest BCUT2D eigenvalue weighted by molar-refractivity contribution is 0.479. The maximum absolute atomic E-state index is 5.09. The van der Waals surface area contributed by atoms with E-state index in [0.29, 0.717) is 6.54 Å². The van der Waals surface area contributed by atoms with Crippen molar-refractivity contribution in [1.29, 1.82) is 0 Å². The van der Waals surface area contributed by atoms with E-state index in [1.165, 1.54) is 12.0 Å². The molecule has 2 heterocycles. The molecule has 0 aromatic carbocycles. The highest BCUT2D eigenvalue weighted by atomic mass is 16.3. The van der Waals surface area contributed by atoms with E-state index >= 15 is 0 Å². The average molecular weight is 192 g/mol. The van der Waals surface area contributed by atoms with Crippen LogP contribution in [0.2, 0.25) is 0 Å². The lowest BCUT2D eigenvalue weighted by atomic mass is 10.2. The fourth-order valence-corrected chi connectivity index (χ4v) is 1.20. The summed E-state index contributed by atoms with van der Waals surface area (Å²) in [5.74, 6) is 0.839. The van der Waals surface area contributed by atoms with E-state index in [2.05, 4.69) is 20.5 Å². The van der Waals surface area contributed by atoms with Crippen molar-refractivity contribution in [1.82, 2.24) is 20.5 Å². The summed E-state index contributed by atoms with van der Waals surface area (Å²) in [5.41, 5.74) is 2.26. The number of aryl methyl sites for hydroxylation is 1. The first-order valence-corrected chi connectivity index (χ1v) is 4.43. The molecule has 0 bridgehead atoms. The number of aromatic nitrogens is 3. The number of hydrogen-bond acceptors (Lipinski definition) is 4. The summed E-state index contributed by atoms with van der Waals surface area (Å²) in [6.07, 6.45) is 4.96. The molecule has 0 atom stereocenters. The van der Waals surface area contributed by atoms with Crippen molar-refractivity contribution < 1.29 is 4.42 Å². The minimum absolute atomic E-state index is 0.685. The highest BCUT2D eigenvalue weighted by Crippen LogP contribution is 2.02. The summed E-state index contributed by atoms with van der Waals surface area (Å²) in [5, 5.41) is 10.1. The third-order valence-electron chi connectivity index (χ3n) is 2.03. The molecule has 5 heteroatoms. The smallest absolute Gasteiger partial charge is 0.180 e. The van der Waals surface area contributed by atoms with Crippen LogP contribution in [0.15, 0.2) is 23.2 Å². The number of nitrogens with one attached hydrogen (secondary N) is 2. The summed E-state index contributed by atoms with van der Waals surface area (Å²) >= 11 is 0. The van der Waals surface area contributed by atoms with Gasteiger partial charge in [-0.25, -0.2) is 4.98 Å². The fourth-order valence-electron chi connectivity index (χ4n) is 1.20. The van der Waals surface area contributed by atoms with Gasteiger partial charge in [0.25, 0.3) is 0 Å². The molecule has 14 heavy (non-hydrogen) atoms. The number of aromatic amines is 1. The molecule has 2 N–H and O–H groups in total. The fraction of sp³-hybridized carbons (Fsp3) is 0.333. The van der Waals surface area contributed by atoms with Gasteiger partial charge in [-0.05, 0) is 6.92 Å². The molecule has 2 aromatic heterocycles. The second-order valence-corrected chi connectivity index (χ2v) is 3.09. The summed E-state index contributed by atoms with van der Waals surface area (Å²) in [7, 11) is 0. The lowest BCUT2D eigenvalue weighted by Gasteiger charge is -2.00. The molecule has 0 unspecified atom stereocenters. The van der Waals surface area contributed by atoms with Crippen molar-refractivity contribution in [3.05, 3.63) is 35.8 Å². The third kappa shape index (κ3) is 2.00. The predicted octanol–water partition coefficient (Wildman–Crippen LogP) is 0.996. The van der Waals surface area contributed by atoms with Gasteiger partial charge >= 0.3 is 0 Å². The van der Waals surface area contributed by atoms with Crippen LogP contribution in [0.3, 0.4) is 0 Å². The Kier molecular flexibility index (Phi) is 2.60. The highest BCUT2D eigenvalue weighted by molar-refractivity contribution is 5.13. The van der Waals surface area contributed by atoms with E-state index in [4.69, 9.17) is 4.42 Å². The van der Waals surface area contributed by atoms with Crippen LogP contribution in [0.1, 0.15) is 17.0 Å². The molecule has 0 saturated heterocycles. The lowest BCUT2D eigenvalue weighted by Crippen LogP contribution is -2.12. The van der Waals surface area contributed by atoms with E-state index in [0.717, 1.165) is 18.0 Å². The Labute approximate surface area is 81.5 Å². The van der Waals surface area contributed by atoms with Crippen molar-refractivity contribution in [2.45, 2.75) is 20.0 Å². The SMILES string of the molecule is Cc1[nH]ncc1CNCc1cnco1. The zero-order chi connectivity index (χ0) is 9.80. The van der Waals surface area contributed by atoms with E-state index < -0.39 is 0 Å². The zero-order valence-corrected chi connectivity index (χ0v) is 7.95. The van der Waals surface area contributed by atoms with Gasteiger partial charge in [0.1, 0.15) is 5.76 Å². The normalized spacial score (nSPS) is 10.6. The second kappa shape index (κ2) is 4.06. The summed E-state index contributed by atoms with van der Waals surface area (Å²) in [6, 6.07) is 0. The Hall–Kier alpha value is -1.62. The molecule has 0 aliphatic rings. The Morgan fingerprint density at radius 2 is 2.36 bits per heavy atom. The van der Waals surface area contributed by atoms with Crippen molar-refractivity contribution >= 4 is 0 Å². The first kappa shape index (κ1) is 8.96. The van der Waals surface area contributed by atoms with Gasteiger partial charge in [-0.3, -0.25) is 5.10 Å². The highest BCUT2D eigenvalue weighted by Gasteiger charge is 2.00. The van der Waals surface area contributed by atoms with Crippen molar-refractivity contribution in [2.75, 3.05) is 0 Å². The number of H-pyrrole nitrogens is 1. The van der Waals surface area contributed by atoms with Gasteiger partial charge in [-0.2, -0.15) is 5.10 Å². The zero-order valence-electron chi connectivity index (χ0n) is 7.95. The van der Waals surface area contributed by atoms with E-state index in [1.54, 1.807) is 6.20 Å². The molecular weight excluding hydrogens is 180 g/mol. The van der Waals surface area contributed by atoms with Gasteiger partial charge in [0.2, 0.25) is 0 Å². The third-order valence-corrected chi connectivity index (χ3v) is 2.03. The molecule has 2 aromatic rings. The predicted molar refractivity (Wildman–Crippen MR) is 50.4 cm³/mol. The minimum Gasteiger partial charge on any atom is -0.447 e. The molecule has 0 aliphatic carbocycles. The van der Waals surface area contributed by atoms with Gasteiger partial charge < -0.3 is 9.73 Å². The molecule has 74 valence electrons. The second-order valence-electron chi connectivity index (χ2n) is 3.09. The monoisotopic (exact) mass is 192 g/mol. The topological polar surface area (TPSA) is 66.7 Å². The van der Waals surface area contributed by atoms with Crippen LogP contribution in [0.4, 0.5) is 0 Å². The molecule has 0 amide bonds. The van der Waals surface area contributed by atoms with Gasteiger partial charge in [0, 0.05) is 17.8 Å². The van der Waals surface area contributed by atoms with Crippen LogP contribution in [0, 0.1) is 6.92 Å². The first-order valence-electron chi connectivity index (χ1n) is 4.43. The standard InChI is InChI=1S/C9H12N4O/c1-7-8(3-12-13-7)2-10-4-9-5-11-6-14-9/h3,5-6,10H,2,4H2,1H3,(H,12,13). The number of nitrogens with zero attached hydrogens (tertiary/aromatic N) is 2. The maximum atomic E-state index is 5.09. The Bertz CT molecular complexity index is 379. The van der Waals surface area contributed by atoms with Gasteiger partial charge in [0.15, 0.2) is 6.39 Å². The molecule has 0 saturated carbocycles. The molecule has 0 fully saturated rings. The number of hydrogen-bond donors (Lipinski definition) is 2. The summed E-state index contributed by atoms with van der Waals surface area (Å²) in [6.45, 7) is 3.46. The van der Waals surface area contributed by atoms with Crippen LogP contribution in [0.25, 0.3) is 0 Å². The first-order chi connectivity index (χ1) is 6.86. The largest absolute Gasteiger partial charge is 0.447 e. The Morgan fingerprint density at radius 1 is 1.43 bits per heavy atom. The van der Waals surface area contributed by atoms with E-state index in [9.17, 15) is 0 Å². The van der Waals surface area contributed by atoms with Gasteiger partial charge in [0.05, 0.1) is 18.9 Å². The molecule has 5 nitrogen and oxygen atoms in total. The molecular formula is C9H12N4O. The van der Waals surface area contributed by atoms with Crippen LogP contribution in [-0.4, -0.2) is 15.2 Å². The minimum atomic E-state index is 0.685. The van der Waals surface area contributed by atoms with Crippen LogP contribution in [-0.2, 0) is 13.1 Å². The van der Waals surface area contributed by atoms with E-state index in [-0.39, 0.29) is 0 Å². The van der Waals surface area contributed by atoms with Crippen molar-refractivity contribution in [2.24, 2.45) is 0 Å². The number of oxazole rings is 1. The molecule has 0 aliphatic heterocycles. The van der Waals surface area contributed by atoms with Crippen LogP contribution in [0.5, 0.6) is 0 Å². The number of rotatable bonds is 4. The average Bonchev–Trinajstić information content (AvgIpc) is 2.78.